The van der Waals surface area contributed by atoms with E-state index in [2.05, 4.69) is 41.1 Å². The first-order chi connectivity index (χ1) is 21.7. The van der Waals surface area contributed by atoms with Crippen molar-refractivity contribution in [3.8, 4) is 16.8 Å². The normalized spacial score (nSPS) is 15.2. The minimum atomic E-state index is -0.986. The summed E-state index contributed by atoms with van der Waals surface area (Å²) in [5, 5.41) is 35.3. The Kier molecular flexibility index (Phi) is 9.85. The summed E-state index contributed by atoms with van der Waals surface area (Å²) < 4.78 is 6.08. The lowest BCUT2D eigenvalue weighted by Gasteiger charge is -2.21. The van der Waals surface area contributed by atoms with Gasteiger partial charge in [-0.25, -0.2) is 9.59 Å². The average molecular weight is 652 g/mol. The van der Waals surface area contributed by atoms with Crippen LogP contribution < -0.4 is 10.6 Å². The number of anilines is 1. The zero-order valence-electron chi connectivity index (χ0n) is 23.8. The molecule has 0 spiro atoms. The number of carbonyl (C=O) groups excluding carboxylic acids is 2. The number of hydrogen-bond donors (Lipinski definition) is 3. The fourth-order valence-corrected chi connectivity index (χ4v) is 5.36. The molecule has 2 aromatic heterocycles. The van der Waals surface area contributed by atoms with Crippen LogP contribution in [0.1, 0.15) is 30.1 Å². The van der Waals surface area contributed by atoms with Crippen molar-refractivity contribution in [2.45, 2.75) is 18.9 Å². The summed E-state index contributed by atoms with van der Waals surface area (Å²) in [6, 6.07) is 13.1. The van der Waals surface area contributed by atoms with Gasteiger partial charge in [0.05, 0.1) is 24.5 Å². The standard InChI is InChI=1S/C29H27Cl2N9O5/c1-45-28(42)33-21-6-2-18(3-7-21)22-14-24(35-36-27(22)31)23(12-17-10-11-39(15-17)29(43)44)34-26(41)9-4-19-13-20(30)5-8-25(19)40-16-32-37-38-40/h2-9,13-14,16-17,23H,10-12,15H2,1H3,(H,33,42)(H,34,41)(H,43,44)/t17?,23-/m0/s1. The Morgan fingerprint density at radius 3 is 2.62 bits per heavy atom. The predicted octanol–water partition coefficient (Wildman–Crippen LogP) is 4.87. The van der Waals surface area contributed by atoms with E-state index in [0.717, 1.165) is 0 Å². The lowest BCUT2D eigenvalue weighted by molar-refractivity contribution is -0.117. The molecule has 2 aromatic carbocycles. The van der Waals surface area contributed by atoms with Crippen LogP contribution in [0, 0.1) is 5.92 Å². The highest BCUT2D eigenvalue weighted by Crippen LogP contribution is 2.32. The first kappa shape index (κ1) is 31.3. The van der Waals surface area contributed by atoms with Crippen LogP contribution in [0.3, 0.4) is 0 Å². The average Bonchev–Trinajstić information content (AvgIpc) is 3.74. The number of rotatable bonds is 9. The Balaban J connectivity index is 1.41. The molecule has 0 radical (unpaired) electrons. The molecule has 1 aliphatic heterocycles. The Labute approximate surface area is 267 Å². The predicted molar refractivity (Wildman–Crippen MR) is 165 cm³/mol. The van der Waals surface area contributed by atoms with Gasteiger partial charge in [-0.05, 0) is 77.2 Å². The summed E-state index contributed by atoms with van der Waals surface area (Å²) in [4.78, 5) is 37.7. The largest absolute Gasteiger partial charge is 0.465 e. The van der Waals surface area contributed by atoms with Gasteiger partial charge in [-0.15, -0.1) is 10.2 Å². The van der Waals surface area contributed by atoms with E-state index in [0.29, 0.717) is 64.7 Å². The number of carbonyl (C=O) groups is 3. The van der Waals surface area contributed by atoms with Gasteiger partial charge < -0.3 is 20.1 Å². The van der Waals surface area contributed by atoms with Crippen LogP contribution in [0.2, 0.25) is 10.2 Å². The highest BCUT2D eigenvalue weighted by atomic mass is 35.5. The molecule has 0 aliphatic carbocycles. The van der Waals surface area contributed by atoms with Gasteiger partial charge in [0.25, 0.3) is 0 Å². The van der Waals surface area contributed by atoms with Gasteiger partial charge in [-0.3, -0.25) is 10.1 Å². The third-order valence-electron chi connectivity index (χ3n) is 7.19. The van der Waals surface area contributed by atoms with E-state index in [1.165, 1.54) is 29.1 Å². The number of nitrogens with zero attached hydrogens (tertiary/aromatic N) is 7. The third-order valence-corrected chi connectivity index (χ3v) is 7.71. The number of nitrogens with one attached hydrogen (secondary N) is 2. The van der Waals surface area contributed by atoms with Crippen LogP contribution >= 0.6 is 23.2 Å². The molecule has 2 atom stereocenters. The van der Waals surface area contributed by atoms with Gasteiger partial charge >= 0.3 is 12.2 Å². The van der Waals surface area contributed by atoms with E-state index in [1.807, 2.05) is 0 Å². The summed E-state index contributed by atoms with van der Waals surface area (Å²) >= 11 is 12.7. The molecule has 4 aromatic rings. The first-order valence-electron chi connectivity index (χ1n) is 13.7. The Bertz CT molecular complexity index is 1720. The number of methoxy groups -OCH3 is 1. The molecule has 16 heteroatoms. The van der Waals surface area contributed by atoms with Crippen LogP contribution in [-0.4, -0.2) is 78.7 Å². The number of amides is 3. The maximum Gasteiger partial charge on any atom is 0.411 e. The van der Waals surface area contributed by atoms with Crippen molar-refractivity contribution < 1.29 is 24.2 Å². The van der Waals surface area contributed by atoms with E-state index in [4.69, 9.17) is 23.2 Å². The number of carboxylic acid groups (broad SMARTS) is 1. The molecular weight excluding hydrogens is 625 g/mol. The zero-order chi connectivity index (χ0) is 31.9. The molecule has 0 saturated carbocycles. The summed E-state index contributed by atoms with van der Waals surface area (Å²) in [7, 11) is 1.27. The fraction of sp³-hybridized carbons (Fsp3) is 0.241. The quantitative estimate of drug-likeness (QED) is 0.212. The molecule has 3 amide bonds. The zero-order valence-corrected chi connectivity index (χ0v) is 25.3. The van der Waals surface area contributed by atoms with Crippen molar-refractivity contribution in [3.05, 3.63) is 82.4 Å². The number of benzene rings is 2. The van der Waals surface area contributed by atoms with Crippen molar-refractivity contribution in [2.75, 3.05) is 25.5 Å². The van der Waals surface area contributed by atoms with E-state index < -0.39 is 24.1 Å². The van der Waals surface area contributed by atoms with Gasteiger partial charge in [0, 0.05) is 41.0 Å². The molecule has 1 unspecified atom stereocenters. The van der Waals surface area contributed by atoms with E-state index >= 15 is 0 Å². The number of ether oxygens (including phenoxy) is 1. The highest BCUT2D eigenvalue weighted by Gasteiger charge is 2.30. The number of halogens is 2. The monoisotopic (exact) mass is 651 g/mol. The molecule has 1 fully saturated rings. The second-order valence-electron chi connectivity index (χ2n) is 10.1. The van der Waals surface area contributed by atoms with E-state index in [9.17, 15) is 19.5 Å². The number of aromatic nitrogens is 6. The van der Waals surface area contributed by atoms with Crippen LogP contribution in [0.25, 0.3) is 22.9 Å². The van der Waals surface area contributed by atoms with Gasteiger partial charge in [0.2, 0.25) is 5.91 Å². The van der Waals surface area contributed by atoms with Crippen LogP contribution in [0.5, 0.6) is 0 Å². The fourth-order valence-electron chi connectivity index (χ4n) is 4.98. The molecule has 5 rings (SSSR count). The van der Waals surface area contributed by atoms with E-state index in [-0.39, 0.29) is 11.1 Å². The van der Waals surface area contributed by atoms with Crippen molar-refractivity contribution >= 4 is 53.1 Å². The summed E-state index contributed by atoms with van der Waals surface area (Å²) in [5.74, 6) is -0.452. The van der Waals surface area contributed by atoms with Crippen LogP contribution in [-0.2, 0) is 9.53 Å². The molecule has 1 aliphatic rings. The van der Waals surface area contributed by atoms with Gasteiger partial charge in [-0.2, -0.15) is 9.78 Å². The lowest BCUT2D eigenvalue weighted by atomic mass is 9.95. The SMILES string of the molecule is COC(=O)Nc1ccc(-c2cc([C@H](CC3CCN(C(=O)O)C3)NC(=O)C=Cc3cc(Cl)ccc3-n3cnnn3)nnc2Cl)cc1. The molecule has 232 valence electrons. The van der Waals surface area contributed by atoms with Crippen molar-refractivity contribution in [1.29, 1.82) is 0 Å². The molecule has 3 heterocycles. The van der Waals surface area contributed by atoms with Crippen molar-refractivity contribution in [3.63, 3.8) is 0 Å². The summed E-state index contributed by atoms with van der Waals surface area (Å²) in [6.45, 7) is 0.733. The minimum Gasteiger partial charge on any atom is -0.465 e. The molecular formula is C29H27Cl2N9O5. The molecule has 0 bridgehead atoms. The second-order valence-corrected chi connectivity index (χ2v) is 10.9. The van der Waals surface area contributed by atoms with E-state index in [1.54, 1.807) is 54.6 Å². The second kappa shape index (κ2) is 14.1. The summed E-state index contributed by atoms with van der Waals surface area (Å²) in [6.07, 6.45) is 3.85. The third kappa shape index (κ3) is 7.91. The smallest absolute Gasteiger partial charge is 0.411 e. The van der Waals surface area contributed by atoms with Crippen molar-refractivity contribution in [1.82, 2.24) is 40.6 Å². The number of hydrogen-bond acceptors (Lipinski definition) is 9. The Hall–Kier alpha value is -5.08. The van der Waals surface area contributed by atoms with Gasteiger partial charge in [0.15, 0.2) is 5.15 Å². The Morgan fingerprint density at radius 1 is 1.13 bits per heavy atom. The first-order valence-corrected chi connectivity index (χ1v) is 14.4. The van der Waals surface area contributed by atoms with Crippen LogP contribution in [0.15, 0.2) is 60.9 Å². The van der Waals surface area contributed by atoms with Gasteiger partial charge in [-0.1, -0.05) is 35.3 Å². The minimum absolute atomic E-state index is 0.0284. The maximum atomic E-state index is 13.3. The van der Waals surface area contributed by atoms with Crippen LogP contribution in [0.4, 0.5) is 15.3 Å². The number of likely N-dealkylation sites (tertiary alicyclic amines) is 1. The molecule has 3 N–H and O–H groups in total. The summed E-state index contributed by atoms with van der Waals surface area (Å²) in [5.41, 5.74) is 3.45. The van der Waals surface area contributed by atoms with Gasteiger partial charge in [0.1, 0.15) is 6.33 Å². The van der Waals surface area contributed by atoms with Crippen molar-refractivity contribution in [2.24, 2.45) is 5.92 Å². The number of tetrazole rings is 1. The Morgan fingerprint density at radius 2 is 1.93 bits per heavy atom. The molecule has 45 heavy (non-hydrogen) atoms. The maximum absolute atomic E-state index is 13.3. The topological polar surface area (TPSA) is 177 Å². The lowest BCUT2D eigenvalue weighted by Crippen LogP contribution is -2.31. The molecule has 14 nitrogen and oxygen atoms in total. The highest BCUT2D eigenvalue weighted by molar-refractivity contribution is 6.32. The molecule has 1 saturated heterocycles.